The van der Waals surface area contributed by atoms with Crippen LogP contribution < -0.4 is 9.47 Å². The highest BCUT2D eigenvalue weighted by Gasteiger charge is 2.20. The van der Waals surface area contributed by atoms with E-state index in [9.17, 15) is 13.2 Å². The molecule has 0 bridgehead atoms. The van der Waals surface area contributed by atoms with E-state index in [1.807, 2.05) is 39.0 Å². The zero-order chi connectivity index (χ0) is 20.4. The Morgan fingerprint density at radius 2 is 1.78 bits per heavy atom. The Hall–Kier alpha value is -1.80. The maximum Gasteiger partial charge on any atom is 0.238 e. The number of carbonyl (C=O) groups excluding carboxylic acids is 1. The van der Waals surface area contributed by atoms with Crippen LogP contribution in [0.3, 0.4) is 0 Å². The lowest BCUT2D eigenvalue weighted by atomic mass is 10.1. The van der Waals surface area contributed by atoms with E-state index in [0.717, 1.165) is 29.0 Å². The van der Waals surface area contributed by atoms with Crippen molar-refractivity contribution in [2.45, 2.75) is 40.2 Å². The second-order valence-electron chi connectivity index (χ2n) is 6.40. The number of sulfonamides is 1. The van der Waals surface area contributed by atoms with Crippen molar-refractivity contribution in [2.75, 3.05) is 39.6 Å². The maximum atomic E-state index is 12.6. The Bertz CT molecular complexity index is 706. The summed E-state index contributed by atoms with van der Waals surface area (Å²) in [4.78, 5) is 14.2. The summed E-state index contributed by atoms with van der Waals surface area (Å²) in [7, 11) is -1.99. The SMILES string of the molecule is CCCOc1ccc(CN(CCC)C(=O)CN(C)S(C)(=O)=O)cc1OCC. The molecule has 0 aromatic heterocycles. The molecule has 1 amide bonds. The van der Waals surface area contributed by atoms with Gasteiger partial charge in [-0.3, -0.25) is 4.79 Å². The van der Waals surface area contributed by atoms with E-state index in [1.54, 1.807) is 4.90 Å². The van der Waals surface area contributed by atoms with Crippen LogP contribution in [0.2, 0.25) is 0 Å². The summed E-state index contributed by atoms with van der Waals surface area (Å²) in [5.41, 5.74) is 0.908. The lowest BCUT2D eigenvalue weighted by Gasteiger charge is -2.25. The van der Waals surface area contributed by atoms with Crippen LogP contribution in [0.5, 0.6) is 11.5 Å². The van der Waals surface area contributed by atoms with E-state index in [-0.39, 0.29) is 12.5 Å². The van der Waals surface area contributed by atoms with Gasteiger partial charge < -0.3 is 14.4 Å². The third-order valence-electron chi connectivity index (χ3n) is 3.91. The van der Waals surface area contributed by atoms with E-state index in [0.29, 0.717) is 37.8 Å². The van der Waals surface area contributed by atoms with Crippen LogP contribution in [0.4, 0.5) is 0 Å². The minimum atomic E-state index is -3.40. The molecule has 0 spiro atoms. The van der Waals surface area contributed by atoms with E-state index >= 15 is 0 Å². The first kappa shape index (κ1) is 23.2. The quantitative estimate of drug-likeness (QED) is 0.539. The van der Waals surface area contributed by atoms with E-state index in [1.165, 1.54) is 7.05 Å². The smallest absolute Gasteiger partial charge is 0.238 e. The van der Waals surface area contributed by atoms with Crippen LogP contribution in [-0.4, -0.2) is 63.1 Å². The van der Waals surface area contributed by atoms with Crippen molar-refractivity contribution in [3.05, 3.63) is 23.8 Å². The number of carbonyl (C=O) groups is 1. The lowest BCUT2D eigenvalue weighted by Crippen LogP contribution is -2.40. The normalized spacial score (nSPS) is 11.5. The first-order valence-corrected chi connectivity index (χ1v) is 11.1. The molecule has 0 unspecified atom stereocenters. The minimum Gasteiger partial charge on any atom is -0.490 e. The largest absolute Gasteiger partial charge is 0.490 e. The summed E-state index contributed by atoms with van der Waals surface area (Å²) < 4.78 is 35.6. The van der Waals surface area contributed by atoms with Crippen molar-refractivity contribution in [3.63, 3.8) is 0 Å². The highest BCUT2D eigenvalue weighted by molar-refractivity contribution is 7.88. The number of hydrogen-bond acceptors (Lipinski definition) is 5. The summed E-state index contributed by atoms with van der Waals surface area (Å²) in [6, 6.07) is 5.64. The number of nitrogens with zero attached hydrogens (tertiary/aromatic N) is 2. The first-order valence-electron chi connectivity index (χ1n) is 9.30. The predicted octanol–water partition coefficient (Wildman–Crippen LogP) is 2.50. The fourth-order valence-corrected chi connectivity index (χ4v) is 2.79. The summed E-state index contributed by atoms with van der Waals surface area (Å²) in [6.07, 6.45) is 2.78. The van der Waals surface area contributed by atoms with Gasteiger partial charge in [0.25, 0.3) is 0 Å². The van der Waals surface area contributed by atoms with Gasteiger partial charge in [0.05, 0.1) is 26.0 Å². The average molecular weight is 401 g/mol. The molecule has 0 N–H and O–H groups in total. The standard InChI is InChI=1S/C19H32N2O5S/c1-6-11-21(19(22)15-20(4)27(5,23)24)14-16-9-10-17(26-12-7-2)18(13-16)25-8-3/h9-10,13H,6-8,11-12,14-15H2,1-5H3. The van der Waals surface area contributed by atoms with Crippen LogP contribution >= 0.6 is 0 Å². The number of rotatable bonds is 12. The van der Waals surface area contributed by atoms with Gasteiger partial charge in [0.2, 0.25) is 15.9 Å². The fraction of sp³-hybridized carbons (Fsp3) is 0.632. The van der Waals surface area contributed by atoms with Gasteiger partial charge in [-0.05, 0) is 37.5 Å². The van der Waals surface area contributed by atoms with E-state index in [2.05, 4.69) is 0 Å². The third kappa shape index (κ3) is 7.76. The molecule has 0 saturated carbocycles. The third-order valence-corrected chi connectivity index (χ3v) is 5.17. The molecule has 0 radical (unpaired) electrons. The number of hydrogen-bond donors (Lipinski definition) is 0. The van der Waals surface area contributed by atoms with Gasteiger partial charge in [0, 0.05) is 20.1 Å². The Morgan fingerprint density at radius 3 is 2.33 bits per heavy atom. The molecule has 0 heterocycles. The second-order valence-corrected chi connectivity index (χ2v) is 8.49. The van der Waals surface area contributed by atoms with Crippen LogP contribution in [0.25, 0.3) is 0 Å². The van der Waals surface area contributed by atoms with Crippen LogP contribution in [-0.2, 0) is 21.4 Å². The van der Waals surface area contributed by atoms with Crippen LogP contribution in [0.1, 0.15) is 39.2 Å². The predicted molar refractivity (Wildman–Crippen MR) is 107 cm³/mol. The number of benzene rings is 1. The number of ether oxygens (including phenoxy) is 2. The Labute approximate surface area is 163 Å². The van der Waals surface area contributed by atoms with E-state index < -0.39 is 10.0 Å². The topological polar surface area (TPSA) is 76.2 Å². The van der Waals surface area contributed by atoms with Crippen molar-refractivity contribution >= 4 is 15.9 Å². The van der Waals surface area contributed by atoms with Gasteiger partial charge in [0.1, 0.15) is 0 Å². The Kier molecular flexibility index (Phi) is 9.59. The number of likely N-dealkylation sites (N-methyl/N-ethyl adjacent to an activating group) is 1. The van der Waals surface area contributed by atoms with Crippen LogP contribution in [0.15, 0.2) is 18.2 Å². The summed E-state index contributed by atoms with van der Waals surface area (Å²) in [6.45, 7) is 7.82. The van der Waals surface area contributed by atoms with Gasteiger partial charge in [0.15, 0.2) is 11.5 Å². The van der Waals surface area contributed by atoms with Crippen molar-refractivity contribution < 1.29 is 22.7 Å². The molecule has 27 heavy (non-hydrogen) atoms. The molecule has 0 saturated heterocycles. The highest BCUT2D eigenvalue weighted by Crippen LogP contribution is 2.29. The van der Waals surface area contributed by atoms with Crippen molar-refractivity contribution in [1.82, 2.24) is 9.21 Å². The molecule has 1 rings (SSSR count). The van der Waals surface area contributed by atoms with Gasteiger partial charge >= 0.3 is 0 Å². The van der Waals surface area contributed by atoms with Gasteiger partial charge in [-0.2, -0.15) is 4.31 Å². The maximum absolute atomic E-state index is 12.6. The molecular weight excluding hydrogens is 368 g/mol. The summed E-state index contributed by atoms with van der Waals surface area (Å²) in [5, 5.41) is 0. The Balaban J connectivity index is 2.95. The lowest BCUT2D eigenvalue weighted by molar-refractivity contribution is -0.131. The molecule has 0 aliphatic carbocycles. The van der Waals surface area contributed by atoms with Crippen molar-refractivity contribution in [1.29, 1.82) is 0 Å². The molecule has 0 aliphatic rings. The van der Waals surface area contributed by atoms with Crippen molar-refractivity contribution in [3.8, 4) is 11.5 Å². The zero-order valence-electron chi connectivity index (χ0n) is 17.0. The first-order chi connectivity index (χ1) is 12.7. The molecule has 8 heteroatoms. The van der Waals surface area contributed by atoms with Gasteiger partial charge in [-0.1, -0.05) is 19.9 Å². The van der Waals surface area contributed by atoms with Gasteiger partial charge in [-0.15, -0.1) is 0 Å². The van der Waals surface area contributed by atoms with Crippen LogP contribution in [0, 0.1) is 0 Å². The molecule has 1 aromatic carbocycles. The zero-order valence-corrected chi connectivity index (χ0v) is 17.8. The Morgan fingerprint density at radius 1 is 1.07 bits per heavy atom. The number of amides is 1. The molecule has 1 aromatic rings. The molecule has 0 fully saturated rings. The second kappa shape index (κ2) is 11.1. The molecule has 7 nitrogen and oxygen atoms in total. The molecule has 0 atom stereocenters. The molecular formula is C19H32N2O5S. The summed E-state index contributed by atoms with van der Waals surface area (Å²) >= 11 is 0. The fourth-order valence-electron chi connectivity index (χ4n) is 2.44. The highest BCUT2D eigenvalue weighted by atomic mass is 32.2. The molecule has 154 valence electrons. The van der Waals surface area contributed by atoms with Crippen molar-refractivity contribution in [2.24, 2.45) is 0 Å². The van der Waals surface area contributed by atoms with E-state index in [4.69, 9.17) is 9.47 Å². The summed E-state index contributed by atoms with van der Waals surface area (Å²) in [5.74, 6) is 1.11. The minimum absolute atomic E-state index is 0.172. The average Bonchev–Trinajstić information content (AvgIpc) is 2.60. The monoisotopic (exact) mass is 400 g/mol. The van der Waals surface area contributed by atoms with Gasteiger partial charge in [-0.25, -0.2) is 8.42 Å². The molecule has 0 aliphatic heterocycles.